The van der Waals surface area contributed by atoms with Gasteiger partial charge in [0.1, 0.15) is 0 Å². The van der Waals surface area contributed by atoms with E-state index >= 15 is 0 Å². The summed E-state index contributed by atoms with van der Waals surface area (Å²) < 4.78 is 0. The fourth-order valence-electron chi connectivity index (χ4n) is 2.14. The lowest BCUT2D eigenvalue weighted by atomic mass is 10.3. The van der Waals surface area contributed by atoms with E-state index in [1.165, 1.54) is 37.3 Å². The largest absolute Gasteiger partial charge is 0.348 e. The maximum Gasteiger partial charge on any atom is 0.261 e. The average Bonchev–Trinajstić information content (AvgIpc) is 2.89. The molecule has 0 saturated carbocycles. The minimum atomic E-state index is 0.0157. The monoisotopic (exact) mass is 270 g/mol. The summed E-state index contributed by atoms with van der Waals surface area (Å²) in [6, 6.07) is 2.01. The van der Waals surface area contributed by atoms with Crippen molar-refractivity contribution in [2.75, 3.05) is 19.6 Å². The molecule has 1 fully saturated rings. The van der Waals surface area contributed by atoms with Crippen LogP contribution in [-0.4, -0.2) is 36.5 Å². The molecule has 2 rings (SSSR count). The smallest absolute Gasteiger partial charge is 0.261 e. The molecule has 1 atom stereocenters. The highest BCUT2D eigenvalue weighted by atomic mass is 32.1. The van der Waals surface area contributed by atoms with Gasteiger partial charge in [0.2, 0.25) is 0 Å². The Kier molecular flexibility index (Phi) is 4.48. The number of carbonyl (C=O) groups is 1. The molecule has 5 heteroatoms. The zero-order chi connectivity index (χ0) is 12.3. The van der Waals surface area contributed by atoms with E-state index in [0.717, 1.165) is 16.3 Å². The average molecular weight is 270 g/mol. The Hall–Kier alpha value is -0.520. The van der Waals surface area contributed by atoms with Crippen molar-refractivity contribution >= 4 is 29.9 Å². The van der Waals surface area contributed by atoms with E-state index in [4.69, 9.17) is 0 Å². The van der Waals surface area contributed by atoms with Crippen LogP contribution in [0.2, 0.25) is 0 Å². The number of thiophene rings is 1. The standard InChI is InChI=1S/C12H18N2OS2/c1-9(7-14-4-2-3-5-14)13-12(15)11-6-10(16)8-17-11/h6,8-9,16H,2-5,7H2,1H3,(H,13,15). The lowest BCUT2D eigenvalue weighted by molar-refractivity contribution is 0.0936. The zero-order valence-corrected chi connectivity index (χ0v) is 11.7. The number of amides is 1. The first-order valence-electron chi connectivity index (χ1n) is 5.96. The number of thiol groups is 1. The third-order valence-corrected chi connectivity index (χ3v) is 4.28. The maximum absolute atomic E-state index is 11.9. The molecule has 0 aromatic carbocycles. The highest BCUT2D eigenvalue weighted by Gasteiger charge is 2.17. The Bertz CT molecular complexity index is 386. The van der Waals surface area contributed by atoms with Crippen molar-refractivity contribution in [3.63, 3.8) is 0 Å². The van der Waals surface area contributed by atoms with E-state index < -0.39 is 0 Å². The molecule has 0 spiro atoms. The minimum absolute atomic E-state index is 0.0157. The van der Waals surface area contributed by atoms with Crippen LogP contribution in [0.15, 0.2) is 16.3 Å². The molecular weight excluding hydrogens is 252 g/mol. The van der Waals surface area contributed by atoms with Crippen LogP contribution in [0.4, 0.5) is 0 Å². The SMILES string of the molecule is CC(CN1CCCC1)NC(=O)c1cc(S)cs1. The van der Waals surface area contributed by atoms with Crippen LogP contribution in [0, 0.1) is 0 Å². The highest BCUT2D eigenvalue weighted by molar-refractivity contribution is 7.80. The van der Waals surface area contributed by atoms with E-state index in [9.17, 15) is 4.79 Å². The number of hydrogen-bond donors (Lipinski definition) is 2. The predicted octanol–water partition coefficient (Wildman–Crippen LogP) is 2.25. The third-order valence-electron chi connectivity index (χ3n) is 2.92. The summed E-state index contributed by atoms with van der Waals surface area (Å²) in [7, 11) is 0. The summed E-state index contributed by atoms with van der Waals surface area (Å²) in [4.78, 5) is 15.9. The fraction of sp³-hybridized carbons (Fsp3) is 0.583. The van der Waals surface area contributed by atoms with E-state index in [2.05, 4.69) is 29.8 Å². The highest BCUT2D eigenvalue weighted by Crippen LogP contribution is 2.17. The molecule has 1 saturated heterocycles. The number of likely N-dealkylation sites (tertiary alicyclic amines) is 1. The molecule has 3 nitrogen and oxygen atoms in total. The van der Waals surface area contributed by atoms with Crippen LogP contribution in [0.25, 0.3) is 0 Å². The molecule has 1 N–H and O–H groups in total. The van der Waals surface area contributed by atoms with Gasteiger partial charge in [0.25, 0.3) is 5.91 Å². The van der Waals surface area contributed by atoms with Gasteiger partial charge in [-0.05, 0) is 38.9 Å². The maximum atomic E-state index is 11.9. The second-order valence-corrected chi connectivity index (χ2v) is 5.98. The van der Waals surface area contributed by atoms with Gasteiger partial charge in [0.15, 0.2) is 0 Å². The lowest BCUT2D eigenvalue weighted by Gasteiger charge is -2.20. The van der Waals surface area contributed by atoms with Crippen LogP contribution in [0.3, 0.4) is 0 Å². The number of carbonyl (C=O) groups excluding carboxylic acids is 1. The molecule has 1 aromatic rings. The second-order valence-electron chi connectivity index (χ2n) is 4.55. The van der Waals surface area contributed by atoms with Gasteiger partial charge in [-0.1, -0.05) is 0 Å². The zero-order valence-electron chi connectivity index (χ0n) is 9.98. The summed E-state index contributed by atoms with van der Waals surface area (Å²) in [5, 5.41) is 4.91. The van der Waals surface area contributed by atoms with Crippen molar-refractivity contribution in [1.29, 1.82) is 0 Å². The van der Waals surface area contributed by atoms with Crippen molar-refractivity contribution in [2.45, 2.75) is 30.7 Å². The molecule has 1 aliphatic rings. The van der Waals surface area contributed by atoms with E-state index in [-0.39, 0.29) is 11.9 Å². The van der Waals surface area contributed by atoms with Crippen molar-refractivity contribution in [3.8, 4) is 0 Å². The normalized spacial score (nSPS) is 18.2. The summed E-state index contributed by atoms with van der Waals surface area (Å²) in [6.45, 7) is 5.34. The minimum Gasteiger partial charge on any atom is -0.348 e. The summed E-state index contributed by atoms with van der Waals surface area (Å²) in [6.07, 6.45) is 2.57. The molecule has 0 radical (unpaired) electrons. The Balaban J connectivity index is 1.81. The van der Waals surface area contributed by atoms with Crippen LogP contribution in [0.1, 0.15) is 29.4 Å². The first-order valence-corrected chi connectivity index (χ1v) is 7.28. The van der Waals surface area contributed by atoms with E-state index in [1.807, 2.05) is 11.4 Å². The van der Waals surface area contributed by atoms with Crippen molar-refractivity contribution < 1.29 is 4.79 Å². The van der Waals surface area contributed by atoms with Crippen molar-refractivity contribution in [2.24, 2.45) is 0 Å². The molecule has 0 aliphatic carbocycles. The Morgan fingerprint density at radius 3 is 2.88 bits per heavy atom. The van der Waals surface area contributed by atoms with E-state index in [0.29, 0.717) is 0 Å². The number of rotatable bonds is 4. The topological polar surface area (TPSA) is 32.3 Å². The molecule has 1 aromatic heterocycles. The molecule has 1 unspecified atom stereocenters. The number of nitrogens with one attached hydrogen (secondary N) is 1. The predicted molar refractivity (Wildman–Crippen MR) is 74.2 cm³/mol. The van der Waals surface area contributed by atoms with Crippen molar-refractivity contribution in [1.82, 2.24) is 10.2 Å². The first-order chi connectivity index (χ1) is 8.15. The molecule has 2 heterocycles. The summed E-state index contributed by atoms with van der Waals surface area (Å²) in [5.41, 5.74) is 0. The van der Waals surface area contributed by atoms with Crippen LogP contribution in [0.5, 0.6) is 0 Å². The molecule has 17 heavy (non-hydrogen) atoms. The third kappa shape index (κ3) is 3.72. The first kappa shape index (κ1) is 12.9. The van der Waals surface area contributed by atoms with Gasteiger partial charge in [0.05, 0.1) is 4.88 Å². The number of hydrogen-bond acceptors (Lipinski definition) is 4. The fourth-order valence-corrected chi connectivity index (χ4v) is 3.19. The van der Waals surface area contributed by atoms with Gasteiger partial charge in [-0.2, -0.15) is 0 Å². The summed E-state index contributed by atoms with van der Waals surface area (Å²) >= 11 is 5.65. The molecule has 1 amide bonds. The van der Waals surface area contributed by atoms with Gasteiger partial charge in [0, 0.05) is 22.9 Å². The van der Waals surface area contributed by atoms with Gasteiger partial charge in [-0.15, -0.1) is 24.0 Å². The molecule has 94 valence electrons. The van der Waals surface area contributed by atoms with Crippen LogP contribution < -0.4 is 5.32 Å². The van der Waals surface area contributed by atoms with Gasteiger partial charge in [-0.3, -0.25) is 4.79 Å². The molecular formula is C12H18N2OS2. The van der Waals surface area contributed by atoms with Gasteiger partial charge in [-0.25, -0.2) is 0 Å². The molecule has 0 bridgehead atoms. The Morgan fingerprint density at radius 2 is 2.29 bits per heavy atom. The van der Waals surface area contributed by atoms with Crippen molar-refractivity contribution in [3.05, 3.63) is 16.3 Å². The lowest BCUT2D eigenvalue weighted by Crippen LogP contribution is -2.40. The van der Waals surface area contributed by atoms with Gasteiger partial charge >= 0.3 is 0 Å². The van der Waals surface area contributed by atoms with Crippen LogP contribution >= 0.6 is 24.0 Å². The Morgan fingerprint density at radius 1 is 1.59 bits per heavy atom. The summed E-state index contributed by atoms with van der Waals surface area (Å²) in [5.74, 6) is 0.0157. The molecule has 1 aliphatic heterocycles. The van der Waals surface area contributed by atoms with Crippen LogP contribution in [-0.2, 0) is 0 Å². The number of nitrogens with zero attached hydrogens (tertiary/aromatic N) is 1. The Labute approximate surface area is 112 Å². The van der Waals surface area contributed by atoms with E-state index in [1.54, 1.807) is 0 Å². The van der Waals surface area contributed by atoms with Gasteiger partial charge < -0.3 is 10.2 Å². The second kappa shape index (κ2) is 5.89. The quantitative estimate of drug-likeness (QED) is 0.823.